The summed E-state index contributed by atoms with van der Waals surface area (Å²) < 4.78 is 2.29. The molecular weight excluding hydrogens is 476 g/mol. The topological polar surface area (TPSA) is 17.8 Å². The molecule has 0 aliphatic heterocycles. The maximum absolute atomic E-state index is 4.80. The molecule has 0 saturated heterocycles. The molecule has 1 aromatic heterocycles. The van der Waals surface area contributed by atoms with Crippen molar-refractivity contribution in [1.29, 1.82) is 0 Å². The maximum atomic E-state index is 4.80. The molecule has 0 spiro atoms. The number of aromatic nitrogens is 2. The molecule has 4 heteroatoms. The molecule has 6 rings (SSSR count). The SMILES string of the molecule is [Fe+2].[Fe+2].c1cc[cH-]c1.c1cc[cH-]c1.c1ccc2c(c1)nc(-[c-]1cccc1)n2C[c-]1cccc1. The second kappa shape index (κ2) is 13.5. The van der Waals surface area contributed by atoms with E-state index in [9.17, 15) is 0 Å². The quantitative estimate of drug-likeness (QED) is 0.189. The molecule has 0 bridgehead atoms. The van der Waals surface area contributed by atoms with E-state index in [2.05, 4.69) is 71.3 Å². The van der Waals surface area contributed by atoms with Gasteiger partial charge in [-0.25, -0.2) is 53.5 Å². The molecule has 5 aromatic carbocycles. The van der Waals surface area contributed by atoms with E-state index in [1.54, 1.807) is 0 Å². The summed E-state index contributed by atoms with van der Waals surface area (Å²) in [4.78, 5) is 4.80. The van der Waals surface area contributed by atoms with Crippen LogP contribution < -0.4 is 0 Å². The standard InChI is InChI=1S/C18H14N2.2C5H5.2Fe/c1-2-8-14(7-1)13-20-17-12-6-5-11-16(17)19-18(20)15-9-3-4-10-15;2*1-2-4-5-3-1;;/h1-12H,13H2;2*1-5H;;/q-2;2*-1;2*+2. The number of para-hydroxylation sites is 2. The normalized spacial score (nSPS) is 9.50. The number of imidazole rings is 1. The van der Waals surface area contributed by atoms with Crippen molar-refractivity contribution >= 4 is 11.0 Å². The smallest absolute Gasteiger partial charge is 0.342 e. The Balaban J connectivity index is 0.000000252. The van der Waals surface area contributed by atoms with Crippen molar-refractivity contribution < 1.29 is 34.1 Å². The van der Waals surface area contributed by atoms with Crippen LogP contribution in [0.15, 0.2) is 133 Å². The van der Waals surface area contributed by atoms with E-state index in [0.29, 0.717) is 0 Å². The second-order valence-electron chi connectivity index (χ2n) is 6.90. The van der Waals surface area contributed by atoms with Crippen molar-refractivity contribution in [3.8, 4) is 11.4 Å². The molecule has 162 valence electrons. The van der Waals surface area contributed by atoms with Crippen LogP contribution in [0.4, 0.5) is 0 Å². The first-order chi connectivity index (χ1) is 14.9. The minimum absolute atomic E-state index is 0. The van der Waals surface area contributed by atoms with Gasteiger partial charge < -0.3 is 4.57 Å². The van der Waals surface area contributed by atoms with Crippen molar-refractivity contribution in [2.24, 2.45) is 0 Å². The van der Waals surface area contributed by atoms with Crippen LogP contribution >= 0.6 is 0 Å². The van der Waals surface area contributed by atoms with E-state index in [1.807, 2.05) is 66.7 Å². The molecular formula is C28H24Fe2N2. The van der Waals surface area contributed by atoms with Gasteiger partial charge in [0, 0.05) is 6.54 Å². The molecule has 0 unspecified atom stereocenters. The van der Waals surface area contributed by atoms with E-state index >= 15 is 0 Å². The van der Waals surface area contributed by atoms with Gasteiger partial charge in [-0.15, -0.1) is 5.56 Å². The van der Waals surface area contributed by atoms with Crippen LogP contribution in [-0.4, -0.2) is 9.55 Å². The Bertz CT molecular complexity index is 1130. The van der Waals surface area contributed by atoms with Gasteiger partial charge in [0.15, 0.2) is 0 Å². The molecule has 0 amide bonds. The zero-order chi connectivity index (χ0) is 20.4. The summed E-state index contributed by atoms with van der Waals surface area (Å²) in [5.41, 5.74) is 4.72. The van der Waals surface area contributed by atoms with Crippen LogP contribution in [0.2, 0.25) is 0 Å². The summed E-state index contributed by atoms with van der Waals surface area (Å²) in [6.45, 7) is 0.855. The van der Waals surface area contributed by atoms with Gasteiger partial charge in [-0.1, -0.05) is 17.7 Å². The van der Waals surface area contributed by atoms with Crippen molar-refractivity contribution in [2.45, 2.75) is 6.54 Å². The van der Waals surface area contributed by atoms with E-state index in [-0.39, 0.29) is 34.1 Å². The van der Waals surface area contributed by atoms with E-state index < -0.39 is 0 Å². The average molecular weight is 500 g/mol. The number of nitrogens with zero attached hydrogens (tertiary/aromatic N) is 2. The molecule has 1 heterocycles. The predicted octanol–water partition coefficient (Wildman–Crippen LogP) is 7.00. The van der Waals surface area contributed by atoms with Gasteiger partial charge in [0.25, 0.3) is 0 Å². The number of hydrogen-bond donors (Lipinski definition) is 0. The minimum atomic E-state index is 0. The van der Waals surface area contributed by atoms with Gasteiger partial charge in [-0.3, -0.25) is 0 Å². The largest absolute Gasteiger partial charge is 2.00 e. The first-order valence-electron chi connectivity index (χ1n) is 10.1. The fourth-order valence-corrected chi connectivity index (χ4v) is 3.32. The van der Waals surface area contributed by atoms with Crippen molar-refractivity contribution in [2.75, 3.05) is 0 Å². The monoisotopic (exact) mass is 500 g/mol. The number of rotatable bonds is 3. The van der Waals surface area contributed by atoms with E-state index in [1.165, 1.54) is 16.6 Å². The molecule has 0 atom stereocenters. The second-order valence-corrected chi connectivity index (χ2v) is 6.90. The Morgan fingerprint density at radius 3 is 1.72 bits per heavy atom. The van der Waals surface area contributed by atoms with Crippen LogP contribution in [0.3, 0.4) is 0 Å². The van der Waals surface area contributed by atoms with Crippen LogP contribution in [-0.2, 0) is 40.7 Å². The zero-order valence-electron chi connectivity index (χ0n) is 17.5. The Labute approximate surface area is 211 Å². The fourth-order valence-electron chi connectivity index (χ4n) is 3.32. The molecule has 0 N–H and O–H groups in total. The Morgan fingerprint density at radius 1 is 0.656 bits per heavy atom. The average Bonchev–Trinajstić information content (AvgIpc) is 3.62. The van der Waals surface area contributed by atoms with Gasteiger partial charge >= 0.3 is 34.1 Å². The summed E-state index contributed by atoms with van der Waals surface area (Å²) in [6, 6.07) is 45.1. The van der Waals surface area contributed by atoms with Crippen LogP contribution in [0.5, 0.6) is 0 Å². The molecule has 0 saturated carbocycles. The van der Waals surface area contributed by atoms with E-state index in [0.717, 1.165) is 17.9 Å². The first kappa shape index (κ1) is 25.4. The van der Waals surface area contributed by atoms with Gasteiger partial charge in [0.1, 0.15) is 0 Å². The summed E-state index contributed by atoms with van der Waals surface area (Å²) in [6.07, 6.45) is 0. The number of hydrogen-bond acceptors (Lipinski definition) is 1. The van der Waals surface area contributed by atoms with Crippen LogP contribution in [0, 0.1) is 0 Å². The molecule has 0 aliphatic carbocycles. The van der Waals surface area contributed by atoms with Gasteiger partial charge in [-0.05, 0) is 12.1 Å². The number of fused-ring (bicyclic) bond motifs is 1. The van der Waals surface area contributed by atoms with Crippen LogP contribution in [0.1, 0.15) is 5.56 Å². The van der Waals surface area contributed by atoms with E-state index in [4.69, 9.17) is 4.98 Å². The van der Waals surface area contributed by atoms with Gasteiger partial charge in [0.2, 0.25) is 0 Å². The summed E-state index contributed by atoms with van der Waals surface area (Å²) >= 11 is 0. The maximum Gasteiger partial charge on any atom is 2.00 e. The molecule has 0 aliphatic rings. The van der Waals surface area contributed by atoms with Crippen molar-refractivity contribution in [3.05, 3.63) is 139 Å². The first-order valence-corrected chi connectivity index (χ1v) is 10.1. The van der Waals surface area contributed by atoms with Gasteiger partial charge in [-0.2, -0.15) is 60.7 Å². The van der Waals surface area contributed by atoms with Crippen molar-refractivity contribution in [1.82, 2.24) is 9.55 Å². The third kappa shape index (κ3) is 6.82. The zero-order valence-corrected chi connectivity index (χ0v) is 19.7. The minimum Gasteiger partial charge on any atom is -0.342 e. The fraction of sp³-hybridized carbons (Fsp3) is 0.0357. The molecule has 2 nitrogen and oxygen atoms in total. The molecule has 0 radical (unpaired) electrons. The van der Waals surface area contributed by atoms with Crippen LogP contribution in [0.25, 0.3) is 22.4 Å². The van der Waals surface area contributed by atoms with Crippen molar-refractivity contribution in [3.63, 3.8) is 0 Å². The summed E-state index contributed by atoms with van der Waals surface area (Å²) in [5, 5.41) is 0. The Hall–Kier alpha value is -2.87. The third-order valence-electron chi connectivity index (χ3n) is 4.76. The predicted molar refractivity (Wildman–Crippen MR) is 126 cm³/mol. The molecule has 0 fully saturated rings. The molecule has 32 heavy (non-hydrogen) atoms. The Morgan fingerprint density at radius 2 is 1.19 bits per heavy atom. The third-order valence-corrected chi connectivity index (χ3v) is 4.76. The van der Waals surface area contributed by atoms with Gasteiger partial charge in [0.05, 0.1) is 16.9 Å². The Kier molecular flexibility index (Phi) is 10.7. The number of benzene rings is 1. The summed E-state index contributed by atoms with van der Waals surface area (Å²) in [7, 11) is 0. The summed E-state index contributed by atoms with van der Waals surface area (Å²) in [5.74, 6) is 1.04. The molecule has 6 aromatic rings.